The summed E-state index contributed by atoms with van der Waals surface area (Å²) in [5.41, 5.74) is 3.12. The number of para-hydroxylation sites is 2. The molecule has 2 saturated heterocycles. The van der Waals surface area contributed by atoms with Gasteiger partial charge in [0.2, 0.25) is 0 Å². The highest BCUT2D eigenvalue weighted by Crippen LogP contribution is 2.24. The van der Waals surface area contributed by atoms with Gasteiger partial charge in [-0.2, -0.15) is 5.10 Å². The maximum absolute atomic E-state index is 12.9. The summed E-state index contributed by atoms with van der Waals surface area (Å²) >= 11 is 0. The smallest absolute Gasteiger partial charge is 0.258 e. The second-order valence-corrected chi connectivity index (χ2v) is 9.37. The molecule has 0 bridgehead atoms. The molecule has 1 aromatic carbocycles. The Balaban J connectivity index is 1.08. The highest BCUT2D eigenvalue weighted by atomic mass is 16.5. The van der Waals surface area contributed by atoms with E-state index in [1.807, 2.05) is 49.5 Å². The van der Waals surface area contributed by atoms with Crippen LogP contribution in [0.15, 0.2) is 48.7 Å². The summed E-state index contributed by atoms with van der Waals surface area (Å²) in [5, 5.41) is 7.33. The number of nitrogens with zero attached hydrogens (tertiary/aromatic N) is 6. The number of aromatic nitrogens is 5. The average molecular weight is 487 g/mol. The molecule has 186 valence electrons. The maximum Gasteiger partial charge on any atom is 0.258 e. The number of imidazole rings is 1. The van der Waals surface area contributed by atoms with Crippen molar-refractivity contribution < 1.29 is 9.53 Å². The summed E-state index contributed by atoms with van der Waals surface area (Å²) in [7, 11) is 1.83. The normalized spacial score (nSPS) is 17.5. The van der Waals surface area contributed by atoms with E-state index < -0.39 is 0 Å². The van der Waals surface area contributed by atoms with Crippen LogP contribution in [-0.4, -0.2) is 81.0 Å². The average Bonchev–Trinajstić information content (AvgIpc) is 3.52. The molecule has 5 heterocycles. The number of H-pyrrole nitrogens is 1. The van der Waals surface area contributed by atoms with Gasteiger partial charge in [-0.3, -0.25) is 14.4 Å². The van der Waals surface area contributed by atoms with Crippen molar-refractivity contribution in [3.8, 4) is 11.5 Å². The molecule has 2 aliphatic heterocycles. The predicted molar refractivity (Wildman–Crippen MR) is 138 cm³/mol. The molecule has 36 heavy (non-hydrogen) atoms. The van der Waals surface area contributed by atoms with E-state index in [1.54, 1.807) is 10.9 Å². The number of rotatable bonds is 5. The zero-order chi connectivity index (χ0) is 24.5. The van der Waals surface area contributed by atoms with Gasteiger partial charge >= 0.3 is 0 Å². The van der Waals surface area contributed by atoms with Gasteiger partial charge in [0, 0.05) is 51.5 Å². The Morgan fingerprint density at radius 1 is 1.08 bits per heavy atom. The van der Waals surface area contributed by atoms with Crippen molar-refractivity contribution in [1.29, 1.82) is 0 Å². The first-order chi connectivity index (χ1) is 17.6. The zero-order valence-electron chi connectivity index (χ0n) is 20.4. The predicted octanol–water partition coefficient (Wildman–Crippen LogP) is 2.91. The van der Waals surface area contributed by atoms with Gasteiger partial charge in [-0.25, -0.2) is 9.97 Å². The number of piperidine rings is 1. The minimum Gasteiger partial charge on any atom is -0.379 e. The molecule has 2 N–H and O–H groups in total. The molecule has 2 aliphatic rings. The first kappa shape index (κ1) is 22.7. The Bertz CT molecular complexity index is 1320. The Kier molecular flexibility index (Phi) is 6.12. The second-order valence-electron chi connectivity index (χ2n) is 9.37. The van der Waals surface area contributed by atoms with E-state index in [2.05, 4.69) is 35.2 Å². The summed E-state index contributed by atoms with van der Waals surface area (Å²) in [6.07, 6.45) is 3.89. The van der Waals surface area contributed by atoms with Crippen LogP contribution in [0.2, 0.25) is 0 Å². The summed E-state index contributed by atoms with van der Waals surface area (Å²) in [4.78, 5) is 30.2. The van der Waals surface area contributed by atoms with Gasteiger partial charge < -0.3 is 19.9 Å². The number of anilines is 2. The molecule has 3 aromatic heterocycles. The number of carbonyl (C=O) groups excluding carboxylic acids is 1. The number of benzene rings is 1. The van der Waals surface area contributed by atoms with E-state index in [0.717, 1.165) is 74.8 Å². The van der Waals surface area contributed by atoms with E-state index >= 15 is 0 Å². The number of aromatic amines is 1. The minimum absolute atomic E-state index is 0.241. The van der Waals surface area contributed by atoms with E-state index in [4.69, 9.17) is 4.74 Å². The number of carbonyl (C=O) groups is 1. The third kappa shape index (κ3) is 4.57. The summed E-state index contributed by atoms with van der Waals surface area (Å²) in [6.45, 7) is 5.68. The quantitative estimate of drug-likeness (QED) is 0.447. The van der Waals surface area contributed by atoms with Crippen molar-refractivity contribution in [2.24, 2.45) is 7.05 Å². The standard InChI is InChI=1S/C26H30N8O2/c1-32-22(25-28-20-4-2-3-5-21(20)29-25)16-23(31-32)30-26(35)18-6-7-24(27-17-18)34-10-8-19(9-11-34)33-12-14-36-15-13-33/h2-7,16-17,19H,8-15H2,1H3,(H,28,29)(H,30,31,35). The van der Waals surface area contributed by atoms with E-state index in [0.29, 0.717) is 23.2 Å². The van der Waals surface area contributed by atoms with Gasteiger partial charge in [0.05, 0.1) is 29.8 Å². The van der Waals surface area contributed by atoms with Crippen LogP contribution in [0.4, 0.5) is 11.6 Å². The third-order valence-electron chi connectivity index (χ3n) is 7.11. The number of ether oxygens (including phenoxy) is 1. The monoisotopic (exact) mass is 486 g/mol. The zero-order valence-corrected chi connectivity index (χ0v) is 20.4. The maximum atomic E-state index is 12.9. The third-order valence-corrected chi connectivity index (χ3v) is 7.11. The molecule has 0 radical (unpaired) electrons. The van der Waals surface area contributed by atoms with E-state index in [9.17, 15) is 4.79 Å². The number of hydrogen-bond acceptors (Lipinski definition) is 7. The lowest BCUT2D eigenvalue weighted by Crippen LogP contribution is -2.49. The molecular formula is C26H30N8O2. The van der Waals surface area contributed by atoms with Gasteiger partial charge in [-0.1, -0.05) is 12.1 Å². The van der Waals surface area contributed by atoms with Crippen LogP contribution in [0.1, 0.15) is 23.2 Å². The van der Waals surface area contributed by atoms with Crippen LogP contribution in [-0.2, 0) is 11.8 Å². The number of nitrogens with one attached hydrogen (secondary N) is 2. The lowest BCUT2D eigenvalue weighted by molar-refractivity contribution is 0.0115. The molecule has 10 nitrogen and oxygen atoms in total. The fourth-order valence-electron chi connectivity index (χ4n) is 5.12. The molecule has 0 unspecified atom stereocenters. The summed E-state index contributed by atoms with van der Waals surface area (Å²) in [6, 6.07) is 14.1. The molecule has 6 rings (SSSR count). The minimum atomic E-state index is -0.241. The molecular weight excluding hydrogens is 456 g/mol. The number of aryl methyl sites for hydroxylation is 1. The van der Waals surface area contributed by atoms with Crippen LogP contribution >= 0.6 is 0 Å². The van der Waals surface area contributed by atoms with Gasteiger partial charge in [0.1, 0.15) is 11.5 Å². The highest BCUT2D eigenvalue weighted by Gasteiger charge is 2.26. The number of fused-ring (bicyclic) bond motifs is 1. The van der Waals surface area contributed by atoms with Crippen molar-refractivity contribution in [3.63, 3.8) is 0 Å². The van der Waals surface area contributed by atoms with Crippen LogP contribution in [0.25, 0.3) is 22.6 Å². The van der Waals surface area contributed by atoms with Gasteiger partial charge in [0.25, 0.3) is 5.91 Å². The fraction of sp³-hybridized carbons (Fsp3) is 0.385. The molecule has 1 amide bonds. The summed E-state index contributed by atoms with van der Waals surface area (Å²) < 4.78 is 7.19. The molecule has 4 aromatic rings. The SMILES string of the molecule is Cn1nc(NC(=O)c2ccc(N3CCC(N4CCOCC4)CC3)nc2)cc1-c1nc2ccccc2[nH]1. The Labute approximate surface area is 209 Å². The molecule has 10 heteroatoms. The Morgan fingerprint density at radius 3 is 2.64 bits per heavy atom. The number of pyridine rings is 1. The Hall–Kier alpha value is -3.76. The van der Waals surface area contributed by atoms with Gasteiger partial charge in [0.15, 0.2) is 11.6 Å². The van der Waals surface area contributed by atoms with Crippen LogP contribution in [0.3, 0.4) is 0 Å². The molecule has 0 saturated carbocycles. The molecule has 0 atom stereocenters. The molecule has 0 aliphatic carbocycles. The van der Waals surface area contributed by atoms with Crippen molar-refractivity contribution in [2.75, 3.05) is 49.6 Å². The van der Waals surface area contributed by atoms with Gasteiger partial charge in [-0.15, -0.1) is 0 Å². The van der Waals surface area contributed by atoms with E-state index in [1.165, 1.54) is 0 Å². The number of hydrogen-bond donors (Lipinski definition) is 2. The van der Waals surface area contributed by atoms with Crippen LogP contribution in [0, 0.1) is 0 Å². The first-order valence-corrected chi connectivity index (χ1v) is 12.5. The largest absolute Gasteiger partial charge is 0.379 e. The summed E-state index contributed by atoms with van der Waals surface area (Å²) in [5.74, 6) is 1.84. The number of amides is 1. The van der Waals surface area contributed by atoms with Crippen molar-refractivity contribution in [2.45, 2.75) is 18.9 Å². The fourth-order valence-corrected chi connectivity index (χ4v) is 5.12. The number of morpholine rings is 1. The molecule has 0 spiro atoms. The van der Waals surface area contributed by atoms with Crippen LogP contribution < -0.4 is 10.2 Å². The second kappa shape index (κ2) is 9.71. The van der Waals surface area contributed by atoms with Crippen molar-refractivity contribution in [1.82, 2.24) is 29.6 Å². The van der Waals surface area contributed by atoms with Crippen molar-refractivity contribution >= 4 is 28.6 Å². The Morgan fingerprint density at radius 2 is 1.89 bits per heavy atom. The lowest BCUT2D eigenvalue weighted by Gasteiger charge is -2.40. The first-order valence-electron chi connectivity index (χ1n) is 12.5. The van der Waals surface area contributed by atoms with Crippen molar-refractivity contribution in [3.05, 3.63) is 54.2 Å². The van der Waals surface area contributed by atoms with E-state index in [-0.39, 0.29) is 5.91 Å². The molecule has 2 fully saturated rings. The highest BCUT2D eigenvalue weighted by molar-refractivity contribution is 6.03. The topological polar surface area (TPSA) is 104 Å². The lowest BCUT2D eigenvalue weighted by atomic mass is 10.0. The van der Waals surface area contributed by atoms with Crippen LogP contribution in [0.5, 0.6) is 0 Å². The van der Waals surface area contributed by atoms with Gasteiger partial charge in [-0.05, 0) is 37.1 Å².